The summed E-state index contributed by atoms with van der Waals surface area (Å²) in [5.41, 5.74) is -0.565. The fourth-order valence-corrected chi connectivity index (χ4v) is 1.32. The Labute approximate surface area is 76.3 Å². The number of carboxylic acids is 1. The molecule has 1 saturated carbocycles. The number of hydrogen-bond acceptors (Lipinski definition) is 2. The zero-order valence-corrected chi connectivity index (χ0v) is 7.39. The van der Waals surface area contributed by atoms with E-state index >= 15 is 0 Å². The summed E-state index contributed by atoms with van der Waals surface area (Å²) in [6.07, 6.45) is 2.47. The van der Waals surface area contributed by atoms with Gasteiger partial charge in [-0.1, -0.05) is 5.92 Å². The van der Waals surface area contributed by atoms with Crippen molar-refractivity contribution in [2.24, 2.45) is 0 Å². The maximum absolute atomic E-state index is 10.8. The molecule has 2 N–H and O–H groups in total. The second-order valence-electron chi connectivity index (χ2n) is 3.17. The van der Waals surface area contributed by atoms with E-state index < -0.39 is 11.5 Å². The lowest BCUT2D eigenvalue weighted by Gasteiger charge is -2.37. The molecule has 0 aliphatic heterocycles. The molecule has 4 heteroatoms. The average Bonchev–Trinajstić information content (AvgIpc) is 1.93. The largest absolute Gasteiger partial charge is 0.472 e. The number of nitrogens with one attached hydrogen (secondary N) is 1. The molecule has 0 spiro atoms. The highest BCUT2D eigenvalue weighted by Gasteiger charge is 2.36. The van der Waals surface area contributed by atoms with Crippen molar-refractivity contribution in [3.05, 3.63) is 0 Å². The lowest BCUT2D eigenvalue weighted by atomic mass is 9.77. The van der Waals surface area contributed by atoms with Crippen LogP contribution >= 0.6 is 0 Å². The van der Waals surface area contributed by atoms with Crippen LogP contribution in [0.5, 0.6) is 0 Å². The molecule has 0 unspecified atom stereocenters. The summed E-state index contributed by atoms with van der Waals surface area (Å²) in [5, 5.41) is 11.0. The van der Waals surface area contributed by atoms with Gasteiger partial charge >= 0.3 is 5.97 Å². The molecule has 0 saturated heterocycles. The third kappa shape index (κ3) is 2.48. The Kier molecular flexibility index (Phi) is 2.57. The molecule has 0 aromatic rings. The minimum Gasteiger partial charge on any atom is -0.472 e. The van der Waals surface area contributed by atoms with Crippen LogP contribution in [-0.2, 0) is 9.59 Å². The van der Waals surface area contributed by atoms with Crippen LogP contribution < -0.4 is 5.32 Å². The number of carbonyl (C=O) groups excluding carboxylic acids is 1. The van der Waals surface area contributed by atoms with Gasteiger partial charge in [0.2, 0.25) is 5.91 Å². The van der Waals surface area contributed by atoms with Crippen LogP contribution in [0.3, 0.4) is 0 Å². The number of rotatable bonds is 1. The molecular formula is C9H11NO3. The van der Waals surface area contributed by atoms with Gasteiger partial charge in [0.15, 0.2) is 0 Å². The third-order valence-corrected chi connectivity index (χ3v) is 2.03. The standard InChI is InChI=1S/C9H11NO3/c1-7(11)10-9(4-2-5-9)6-3-8(12)13/h2,4-5H2,1H3,(H,10,11)(H,12,13). The Balaban J connectivity index is 2.66. The van der Waals surface area contributed by atoms with Gasteiger partial charge in [-0.05, 0) is 19.3 Å². The number of hydrogen-bond donors (Lipinski definition) is 2. The molecule has 0 aromatic heterocycles. The molecule has 70 valence electrons. The summed E-state index contributed by atoms with van der Waals surface area (Å²) < 4.78 is 0. The van der Waals surface area contributed by atoms with Gasteiger partial charge in [0, 0.05) is 12.8 Å². The fourth-order valence-electron chi connectivity index (χ4n) is 1.32. The number of carboxylic acid groups (broad SMARTS) is 1. The van der Waals surface area contributed by atoms with Crippen LogP contribution in [0.4, 0.5) is 0 Å². The molecular weight excluding hydrogens is 170 g/mol. The Bertz CT molecular complexity index is 294. The molecule has 0 radical (unpaired) electrons. The molecule has 0 bridgehead atoms. The van der Waals surface area contributed by atoms with Gasteiger partial charge in [0.05, 0.1) is 0 Å². The summed E-state index contributed by atoms with van der Waals surface area (Å²) in [6.45, 7) is 1.41. The van der Waals surface area contributed by atoms with Crippen LogP contribution in [0.25, 0.3) is 0 Å². The average molecular weight is 181 g/mol. The Hall–Kier alpha value is -1.50. The highest BCUT2D eigenvalue weighted by molar-refractivity contribution is 5.87. The van der Waals surface area contributed by atoms with Crippen molar-refractivity contribution in [1.29, 1.82) is 0 Å². The SMILES string of the molecule is CC(=O)NC1(C#CC(=O)O)CCC1. The second-order valence-corrected chi connectivity index (χ2v) is 3.17. The van der Waals surface area contributed by atoms with Gasteiger partial charge in [-0.15, -0.1) is 0 Å². The first-order chi connectivity index (χ1) is 6.04. The first kappa shape index (κ1) is 9.59. The molecule has 1 amide bonds. The van der Waals surface area contributed by atoms with Gasteiger partial charge in [-0.25, -0.2) is 4.79 Å². The van der Waals surface area contributed by atoms with Gasteiger partial charge < -0.3 is 10.4 Å². The second kappa shape index (κ2) is 3.48. The van der Waals surface area contributed by atoms with E-state index in [9.17, 15) is 9.59 Å². The summed E-state index contributed by atoms with van der Waals surface area (Å²) in [7, 11) is 0. The van der Waals surface area contributed by atoms with Gasteiger partial charge in [0.1, 0.15) is 5.54 Å². The van der Waals surface area contributed by atoms with Crippen molar-refractivity contribution in [1.82, 2.24) is 5.32 Å². The van der Waals surface area contributed by atoms with Crippen LogP contribution in [0.2, 0.25) is 0 Å². The van der Waals surface area contributed by atoms with E-state index in [4.69, 9.17) is 5.11 Å². The van der Waals surface area contributed by atoms with Crippen molar-refractivity contribution in [3.8, 4) is 11.8 Å². The van der Waals surface area contributed by atoms with E-state index in [2.05, 4.69) is 11.2 Å². The maximum Gasteiger partial charge on any atom is 0.381 e. The third-order valence-electron chi connectivity index (χ3n) is 2.03. The summed E-state index contributed by atoms with van der Waals surface area (Å²) in [4.78, 5) is 21.0. The molecule has 13 heavy (non-hydrogen) atoms. The highest BCUT2D eigenvalue weighted by atomic mass is 16.4. The van der Waals surface area contributed by atoms with E-state index in [0.717, 1.165) is 19.3 Å². The zero-order chi connectivity index (χ0) is 9.90. The van der Waals surface area contributed by atoms with Crippen molar-refractivity contribution >= 4 is 11.9 Å². The van der Waals surface area contributed by atoms with Crippen molar-refractivity contribution in [3.63, 3.8) is 0 Å². The number of carbonyl (C=O) groups is 2. The lowest BCUT2D eigenvalue weighted by molar-refractivity contribution is -0.130. The topological polar surface area (TPSA) is 66.4 Å². The molecule has 0 aromatic carbocycles. The molecule has 4 nitrogen and oxygen atoms in total. The zero-order valence-electron chi connectivity index (χ0n) is 7.39. The van der Waals surface area contributed by atoms with Crippen molar-refractivity contribution in [2.45, 2.75) is 31.7 Å². The predicted octanol–water partition coefficient (Wildman–Crippen LogP) is 0.133. The summed E-state index contributed by atoms with van der Waals surface area (Å²) in [6, 6.07) is 0. The summed E-state index contributed by atoms with van der Waals surface area (Å²) >= 11 is 0. The first-order valence-corrected chi connectivity index (χ1v) is 4.09. The van der Waals surface area contributed by atoms with Gasteiger partial charge in [-0.2, -0.15) is 0 Å². The summed E-state index contributed by atoms with van der Waals surface area (Å²) in [5.74, 6) is 3.30. The van der Waals surface area contributed by atoms with E-state index in [0.29, 0.717) is 0 Å². The van der Waals surface area contributed by atoms with E-state index in [-0.39, 0.29) is 5.91 Å². The molecule has 1 rings (SSSR count). The number of amides is 1. The lowest BCUT2D eigenvalue weighted by Crippen LogP contribution is -2.51. The smallest absolute Gasteiger partial charge is 0.381 e. The van der Waals surface area contributed by atoms with Crippen molar-refractivity contribution in [2.75, 3.05) is 0 Å². The molecule has 0 atom stereocenters. The van der Waals surface area contributed by atoms with Gasteiger partial charge in [0.25, 0.3) is 0 Å². The maximum atomic E-state index is 10.8. The Morgan fingerprint density at radius 3 is 2.38 bits per heavy atom. The molecule has 1 aliphatic rings. The monoisotopic (exact) mass is 181 g/mol. The Morgan fingerprint density at radius 1 is 1.46 bits per heavy atom. The van der Waals surface area contributed by atoms with Crippen LogP contribution in [0.1, 0.15) is 26.2 Å². The Morgan fingerprint density at radius 2 is 2.08 bits per heavy atom. The molecule has 1 fully saturated rings. The number of aliphatic carboxylic acids is 1. The normalized spacial score (nSPS) is 17.6. The minimum absolute atomic E-state index is 0.167. The van der Waals surface area contributed by atoms with Gasteiger partial charge in [-0.3, -0.25) is 4.79 Å². The fraction of sp³-hybridized carbons (Fsp3) is 0.556. The van der Waals surface area contributed by atoms with Crippen molar-refractivity contribution < 1.29 is 14.7 Å². The van der Waals surface area contributed by atoms with Crippen LogP contribution in [0, 0.1) is 11.8 Å². The van der Waals surface area contributed by atoms with E-state index in [1.807, 2.05) is 5.92 Å². The predicted molar refractivity (Wildman–Crippen MR) is 45.8 cm³/mol. The van der Waals surface area contributed by atoms with E-state index in [1.165, 1.54) is 6.92 Å². The molecule has 0 heterocycles. The highest BCUT2D eigenvalue weighted by Crippen LogP contribution is 2.30. The quantitative estimate of drug-likeness (QED) is 0.565. The first-order valence-electron chi connectivity index (χ1n) is 4.09. The van der Waals surface area contributed by atoms with Crippen LogP contribution in [0.15, 0.2) is 0 Å². The molecule has 1 aliphatic carbocycles. The minimum atomic E-state index is -1.16. The van der Waals surface area contributed by atoms with E-state index in [1.54, 1.807) is 0 Å². The van der Waals surface area contributed by atoms with Crippen LogP contribution in [-0.4, -0.2) is 22.5 Å².